The minimum absolute atomic E-state index is 0.472. The van der Waals surface area contributed by atoms with Gasteiger partial charge in [0.05, 0.1) is 7.14 Å². The van der Waals surface area contributed by atoms with Gasteiger partial charge in [0.2, 0.25) is 0 Å². The predicted octanol–water partition coefficient (Wildman–Crippen LogP) is 3.68. The molecule has 2 aromatic rings. The first-order chi connectivity index (χ1) is 8.70. The normalized spacial score (nSPS) is 10.1. The summed E-state index contributed by atoms with van der Waals surface area (Å²) in [4.78, 5) is 14.8. The highest BCUT2D eigenvalue weighted by Gasteiger charge is 2.08. The van der Waals surface area contributed by atoms with E-state index < -0.39 is 0 Å². The summed E-state index contributed by atoms with van der Waals surface area (Å²) in [5, 5.41) is 0. The van der Waals surface area contributed by atoms with Gasteiger partial charge in [0, 0.05) is 23.5 Å². The molecule has 5 heteroatoms. The van der Waals surface area contributed by atoms with E-state index in [0.29, 0.717) is 12.2 Å². The van der Waals surface area contributed by atoms with Crippen LogP contribution < -0.4 is 4.74 Å². The number of pyridine rings is 1. The summed E-state index contributed by atoms with van der Waals surface area (Å²) in [5.74, 6) is 0.811. The number of rotatable bonds is 4. The number of hydrogen-bond donors (Lipinski definition) is 0. The minimum Gasteiger partial charge on any atom is -0.487 e. The zero-order valence-corrected chi connectivity index (χ0v) is 13.6. The second-order valence-electron chi connectivity index (χ2n) is 3.58. The largest absolute Gasteiger partial charge is 0.487 e. The van der Waals surface area contributed by atoms with Gasteiger partial charge >= 0.3 is 0 Å². The van der Waals surface area contributed by atoms with Crippen LogP contribution in [0.5, 0.6) is 5.75 Å². The maximum Gasteiger partial charge on any atom is 0.150 e. The Balaban J connectivity index is 2.17. The van der Waals surface area contributed by atoms with E-state index in [1.807, 2.05) is 24.3 Å². The summed E-state index contributed by atoms with van der Waals surface area (Å²) in [6.45, 7) is 0.472. The third-order valence-electron chi connectivity index (χ3n) is 2.26. The van der Waals surface area contributed by atoms with Crippen LogP contribution in [0.2, 0.25) is 0 Å². The number of nitrogens with zero attached hydrogens (tertiary/aromatic N) is 1. The van der Waals surface area contributed by atoms with Crippen molar-refractivity contribution < 1.29 is 9.53 Å². The smallest absolute Gasteiger partial charge is 0.150 e. The van der Waals surface area contributed by atoms with E-state index in [-0.39, 0.29) is 0 Å². The Morgan fingerprint density at radius 3 is 2.56 bits per heavy atom. The van der Waals surface area contributed by atoms with Crippen LogP contribution in [0.4, 0.5) is 0 Å². The van der Waals surface area contributed by atoms with Crippen molar-refractivity contribution in [2.24, 2.45) is 0 Å². The zero-order valence-electron chi connectivity index (χ0n) is 9.27. The number of carbonyl (C=O) groups excluding carboxylic acids is 1. The number of aldehydes is 1. The predicted molar refractivity (Wildman–Crippen MR) is 85.8 cm³/mol. The van der Waals surface area contributed by atoms with E-state index in [2.05, 4.69) is 50.2 Å². The van der Waals surface area contributed by atoms with Crippen LogP contribution in [0, 0.1) is 7.14 Å². The first kappa shape index (κ1) is 13.7. The number of benzene rings is 1. The van der Waals surface area contributed by atoms with Gasteiger partial charge in [-0.3, -0.25) is 9.78 Å². The number of carbonyl (C=O) groups is 1. The quantitative estimate of drug-likeness (QED) is 0.512. The average Bonchev–Trinajstić information content (AvgIpc) is 2.38. The maximum absolute atomic E-state index is 10.7. The van der Waals surface area contributed by atoms with Gasteiger partial charge in [-0.05, 0) is 63.4 Å². The number of hydrogen-bond acceptors (Lipinski definition) is 3. The molecule has 0 saturated heterocycles. The van der Waals surface area contributed by atoms with Gasteiger partial charge in [0.25, 0.3) is 0 Å². The van der Waals surface area contributed by atoms with Crippen molar-refractivity contribution in [2.45, 2.75) is 6.61 Å². The fourth-order valence-electron chi connectivity index (χ4n) is 1.42. The van der Waals surface area contributed by atoms with Crippen molar-refractivity contribution in [3.63, 3.8) is 0 Å². The van der Waals surface area contributed by atoms with Crippen LogP contribution in [-0.4, -0.2) is 11.3 Å². The molecule has 0 aliphatic rings. The van der Waals surface area contributed by atoms with Crippen molar-refractivity contribution in [2.75, 3.05) is 0 Å². The van der Waals surface area contributed by atoms with E-state index in [1.165, 1.54) is 0 Å². The lowest BCUT2D eigenvalue weighted by molar-refractivity contribution is 0.112. The molecule has 0 N–H and O–H groups in total. The standard InChI is InChI=1S/C13H9I2NO2/c14-11-4-10(7-17)5-12(15)13(11)18-8-9-2-1-3-16-6-9/h1-7H,8H2. The molecule has 0 aliphatic heterocycles. The summed E-state index contributed by atoms with van der Waals surface area (Å²) in [5.41, 5.74) is 1.68. The Labute approximate surface area is 132 Å². The lowest BCUT2D eigenvalue weighted by Gasteiger charge is -2.10. The van der Waals surface area contributed by atoms with Crippen molar-refractivity contribution >= 4 is 51.5 Å². The van der Waals surface area contributed by atoms with Crippen LogP contribution in [0.25, 0.3) is 0 Å². The number of halogens is 2. The summed E-state index contributed by atoms with van der Waals surface area (Å²) >= 11 is 4.35. The molecule has 0 amide bonds. The van der Waals surface area contributed by atoms with Crippen molar-refractivity contribution in [1.29, 1.82) is 0 Å². The molecular weight excluding hydrogens is 456 g/mol. The fourth-order valence-corrected chi connectivity index (χ4v) is 3.55. The van der Waals surface area contributed by atoms with Gasteiger partial charge in [-0.2, -0.15) is 0 Å². The number of ether oxygens (including phenoxy) is 1. The second-order valence-corrected chi connectivity index (χ2v) is 5.91. The van der Waals surface area contributed by atoms with Crippen LogP contribution in [0.3, 0.4) is 0 Å². The Morgan fingerprint density at radius 1 is 1.28 bits per heavy atom. The van der Waals surface area contributed by atoms with Crippen molar-refractivity contribution in [1.82, 2.24) is 4.98 Å². The highest BCUT2D eigenvalue weighted by Crippen LogP contribution is 2.29. The molecular formula is C13H9I2NO2. The van der Waals surface area contributed by atoms with E-state index in [4.69, 9.17) is 4.74 Å². The Hall–Kier alpha value is -0.700. The Bertz CT molecular complexity index is 535. The molecule has 2 rings (SSSR count). The zero-order chi connectivity index (χ0) is 13.0. The molecule has 92 valence electrons. The molecule has 1 aromatic heterocycles. The summed E-state index contributed by atoms with van der Waals surface area (Å²) in [6.07, 6.45) is 4.35. The van der Waals surface area contributed by atoms with E-state index in [9.17, 15) is 4.79 Å². The molecule has 0 atom stereocenters. The molecule has 0 spiro atoms. The van der Waals surface area contributed by atoms with Gasteiger partial charge in [-0.15, -0.1) is 0 Å². The van der Waals surface area contributed by atoms with E-state index >= 15 is 0 Å². The Morgan fingerprint density at radius 2 is 2.00 bits per heavy atom. The lowest BCUT2D eigenvalue weighted by atomic mass is 10.2. The van der Waals surface area contributed by atoms with Crippen LogP contribution in [0.1, 0.15) is 15.9 Å². The second kappa shape index (κ2) is 6.46. The van der Waals surface area contributed by atoms with Gasteiger partial charge in [-0.25, -0.2) is 0 Å². The van der Waals surface area contributed by atoms with Crippen LogP contribution in [-0.2, 0) is 6.61 Å². The van der Waals surface area contributed by atoms with Gasteiger partial charge in [-0.1, -0.05) is 6.07 Å². The van der Waals surface area contributed by atoms with Gasteiger partial charge in [0.15, 0.2) is 0 Å². The SMILES string of the molecule is O=Cc1cc(I)c(OCc2cccnc2)c(I)c1. The molecule has 0 radical (unpaired) electrons. The molecule has 0 bridgehead atoms. The third-order valence-corrected chi connectivity index (χ3v) is 3.87. The summed E-state index contributed by atoms with van der Waals surface area (Å²) < 4.78 is 7.65. The van der Waals surface area contributed by atoms with Crippen molar-refractivity contribution in [3.05, 3.63) is 54.9 Å². The van der Waals surface area contributed by atoms with Gasteiger partial charge < -0.3 is 4.74 Å². The molecule has 3 nitrogen and oxygen atoms in total. The average molecular weight is 465 g/mol. The molecule has 0 fully saturated rings. The van der Waals surface area contributed by atoms with Crippen molar-refractivity contribution in [3.8, 4) is 5.75 Å². The number of aromatic nitrogens is 1. The highest BCUT2D eigenvalue weighted by molar-refractivity contribution is 14.1. The van der Waals surface area contributed by atoms with Crippen LogP contribution >= 0.6 is 45.2 Å². The monoisotopic (exact) mass is 465 g/mol. The maximum atomic E-state index is 10.7. The van der Waals surface area contributed by atoms with E-state index in [0.717, 1.165) is 24.7 Å². The first-order valence-corrected chi connectivity index (χ1v) is 7.32. The molecule has 0 saturated carbocycles. The summed E-state index contributed by atoms with van der Waals surface area (Å²) in [6, 6.07) is 7.47. The Kier molecular flexibility index (Phi) is 4.93. The van der Waals surface area contributed by atoms with E-state index in [1.54, 1.807) is 12.4 Å². The molecule has 1 heterocycles. The van der Waals surface area contributed by atoms with Crippen LogP contribution in [0.15, 0.2) is 36.7 Å². The molecule has 1 aromatic carbocycles. The topological polar surface area (TPSA) is 39.2 Å². The molecule has 0 unspecified atom stereocenters. The highest BCUT2D eigenvalue weighted by atomic mass is 127. The lowest BCUT2D eigenvalue weighted by Crippen LogP contribution is -2.00. The molecule has 0 aliphatic carbocycles. The summed E-state index contributed by atoms with van der Waals surface area (Å²) in [7, 11) is 0. The molecule has 18 heavy (non-hydrogen) atoms. The minimum atomic E-state index is 0.472. The third kappa shape index (κ3) is 3.41. The van der Waals surface area contributed by atoms with Gasteiger partial charge in [0.1, 0.15) is 18.6 Å². The fraction of sp³-hybridized carbons (Fsp3) is 0.0769. The first-order valence-electron chi connectivity index (χ1n) is 5.16.